The Morgan fingerprint density at radius 1 is 1.00 bits per heavy atom. The number of carbonyl (C=O) groups excluding carboxylic acids is 4. The molecule has 0 aromatic heterocycles. The number of urea groups is 1. The minimum atomic E-state index is -0.688. The number of esters is 1. The van der Waals surface area contributed by atoms with Crippen LogP contribution in [0.4, 0.5) is 10.5 Å². The number of hydrogen-bond acceptors (Lipinski definition) is 5. The van der Waals surface area contributed by atoms with Crippen LogP contribution in [-0.2, 0) is 14.3 Å². The second kappa shape index (κ2) is 16.0. The fraction of sp³-hybridized carbons (Fsp3) is 0.655. The minimum absolute atomic E-state index is 0.0693. The number of benzene rings is 1. The molecule has 0 saturated carbocycles. The number of unbranched alkanes of at least 4 members (excludes halogenated alkanes) is 4. The number of nitrogens with one attached hydrogen (secondary N) is 2. The molecule has 1 aromatic carbocycles. The lowest BCUT2D eigenvalue weighted by molar-refractivity contribution is -0.144. The van der Waals surface area contributed by atoms with E-state index in [-0.39, 0.29) is 30.4 Å². The van der Waals surface area contributed by atoms with Crippen molar-refractivity contribution in [3.8, 4) is 0 Å². The number of ether oxygens (including phenoxy) is 1. The first kappa shape index (κ1) is 31.1. The molecule has 2 rings (SSSR count). The van der Waals surface area contributed by atoms with Gasteiger partial charge < -0.3 is 25.2 Å². The smallest absolute Gasteiger partial charge is 0.338 e. The van der Waals surface area contributed by atoms with E-state index in [1.165, 1.54) is 12.8 Å². The summed E-state index contributed by atoms with van der Waals surface area (Å²) in [5.41, 5.74) is 0.898. The Morgan fingerprint density at radius 2 is 1.68 bits per heavy atom. The van der Waals surface area contributed by atoms with E-state index in [0.29, 0.717) is 37.3 Å². The predicted octanol–water partition coefficient (Wildman–Crippen LogP) is 4.82. The van der Waals surface area contributed by atoms with Crippen LogP contribution in [0.25, 0.3) is 0 Å². The van der Waals surface area contributed by atoms with Crippen LogP contribution in [0.15, 0.2) is 24.3 Å². The van der Waals surface area contributed by atoms with Gasteiger partial charge in [0.15, 0.2) is 0 Å². The number of hydrogen-bond donors (Lipinski definition) is 2. The number of anilines is 1. The van der Waals surface area contributed by atoms with E-state index in [9.17, 15) is 19.2 Å². The lowest BCUT2D eigenvalue weighted by Gasteiger charge is -2.41. The first-order chi connectivity index (χ1) is 18.2. The van der Waals surface area contributed by atoms with Crippen LogP contribution in [0.2, 0.25) is 0 Å². The maximum Gasteiger partial charge on any atom is 0.338 e. The van der Waals surface area contributed by atoms with Crippen molar-refractivity contribution in [1.82, 2.24) is 15.1 Å². The first-order valence-electron chi connectivity index (χ1n) is 14.1. The van der Waals surface area contributed by atoms with Crippen LogP contribution < -0.4 is 10.6 Å². The Balaban J connectivity index is 1.93. The summed E-state index contributed by atoms with van der Waals surface area (Å²) in [7, 11) is 0. The first-order valence-corrected chi connectivity index (χ1v) is 14.1. The van der Waals surface area contributed by atoms with Crippen LogP contribution in [0, 0.1) is 5.92 Å². The highest BCUT2D eigenvalue weighted by Crippen LogP contribution is 2.18. The Labute approximate surface area is 227 Å². The van der Waals surface area contributed by atoms with E-state index in [4.69, 9.17) is 4.74 Å². The third-order valence-corrected chi connectivity index (χ3v) is 7.17. The van der Waals surface area contributed by atoms with Gasteiger partial charge in [0.05, 0.1) is 12.2 Å². The number of piperazine rings is 1. The van der Waals surface area contributed by atoms with Gasteiger partial charge in [-0.25, -0.2) is 9.59 Å². The fourth-order valence-electron chi connectivity index (χ4n) is 4.64. The molecule has 2 N–H and O–H groups in total. The summed E-state index contributed by atoms with van der Waals surface area (Å²) in [6, 6.07) is 5.15. The molecule has 1 heterocycles. The van der Waals surface area contributed by atoms with Gasteiger partial charge in [0.1, 0.15) is 6.04 Å². The van der Waals surface area contributed by atoms with E-state index in [2.05, 4.69) is 17.6 Å². The van der Waals surface area contributed by atoms with Crippen molar-refractivity contribution in [2.75, 3.05) is 31.6 Å². The van der Waals surface area contributed by atoms with Crippen molar-refractivity contribution in [1.29, 1.82) is 0 Å². The van der Waals surface area contributed by atoms with Crippen LogP contribution >= 0.6 is 0 Å². The molecule has 4 amide bonds. The maximum atomic E-state index is 13.5. The lowest BCUT2D eigenvalue weighted by Crippen LogP contribution is -2.60. The van der Waals surface area contributed by atoms with Crippen molar-refractivity contribution < 1.29 is 23.9 Å². The number of carbonyl (C=O) groups is 4. The molecule has 1 fully saturated rings. The summed E-state index contributed by atoms with van der Waals surface area (Å²) in [4.78, 5) is 54.5. The van der Waals surface area contributed by atoms with Crippen molar-refractivity contribution in [3.63, 3.8) is 0 Å². The third kappa shape index (κ3) is 9.33. The zero-order valence-corrected chi connectivity index (χ0v) is 23.8. The molecular formula is C29H46N4O5. The second-order valence-corrected chi connectivity index (χ2v) is 10.1. The van der Waals surface area contributed by atoms with Crippen LogP contribution in [-0.4, -0.2) is 71.9 Å². The van der Waals surface area contributed by atoms with Gasteiger partial charge in [-0.15, -0.1) is 0 Å². The molecule has 1 aliphatic rings. The standard InChI is InChI=1S/C29H46N4O5/c1-6-9-10-11-12-13-25(34)33-19-18-32(20-22(33)5)27(35)26(21(4)7-2)31-29(37)30-24-16-14-23(15-17-24)28(36)38-8-3/h14-17,21-22,26H,6-13,18-20H2,1-5H3,(H2,30,31,37). The molecule has 0 aliphatic carbocycles. The second-order valence-electron chi connectivity index (χ2n) is 10.1. The van der Waals surface area contributed by atoms with E-state index in [1.807, 2.05) is 25.7 Å². The average molecular weight is 531 g/mol. The van der Waals surface area contributed by atoms with Crippen LogP contribution in [0.5, 0.6) is 0 Å². The lowest BCUT2D eigenvalue weighted by atomic mass is 9.97. The molecule has 3 atom stereocenters. The number of nitrogens with zero attached hydrogens (tertiary/aromatic N) is 2. The molecule has 212 valence electrons. The summed E-state index contributed by atoms with van der Waals surface area (Å²) in [5.74, 6) is -0.469. The molecule has 0 spiro atoms. The van der Waals surface area contributed by atoms with Gasteiger partial charge in [0, 0.05) is 37.8 Å². The van der Waals surface area contributed by atoms with E-state index in [0.717, 1.165) is 25.7 Å². The largest absolute Gasteiger partial charge is 0.462 e. The van der Waals surface area contributed by atoms with E-state index < -0.39 is 18.0 Å². The van der Waals surface area contributed by atoms with E-state index >= 15 is 0 Å². The third-order valence-electron chi connectivity index (χ3n) is 7.17. The quantitative estimate of drug-likeness (QED) is 0.281. The topological polar surface area (TPSA) is 108 Å². The van der Waals surface area contributed by atoms with Gasteiger partial charge in [-0.3, -0.25) is 9.59 Å². The Kier molecular flexibility index (Phi) is 13.1. The molecule has 9 nitrogen and oxygen atoms in total. The zero-order valence-electron chi connectivity index (χ0n) is 23.8. The van der Waals surface area contributed by atoms with Crippen molar-refractivity contribution >= 4 is 29.5 Å². The summed E-state index contributed by atoms with van der Waals surface area (Å²) >= 11 is 0. The predicted molar refractivity (Wildman–Crippen MR) is 149 cm³/mol. The Hall–Kier alpha value is -3.10. The monoisotopic (exact) mass is 530 g/mol. The molecule has 3 unspecified atom stereocenters. The molecule has 9 heteroatoms. The summed E-state index contributed by atoms with van der Waals surface area (Å²) in [6.45, 7) is 11.5. The summed E-state index contributed by atoms with van der Waals surface area (Å²) in [5, 5.41) is 5.60. The number of rotatable bonds is 13. The fourth-order valence-corrected chi connectivity index (χ4v) is 4.64. The van der Waals surface area contributed by atoms with Crippen LogP contribution in [0.1, 0.15) is 89.9 Å². The van der Waals surface area contributed by atoms with Gasteiger partial charge >= 0.3 is 12.0 Å². The summed E-state index contributed by atoms with van der Waals surface area (Å²) < 4.78 is 4.98. The molecule has 1 saturated heterocycles. The zero-order chi connectivity index (χ0) is 28.1. The van der Waals surface area contributed by atoms with Gasteiger partial charge in [-0.2, -0.15) is 0 Å². The molecule has 1 aromatic rings. The molecule has 0 bridgehead atoms. The molecule has 1 aliphatic heterocycles. The average Bonchev–Trinajstić information content (AvgIpc) is 2.91. The van der Waals surface area contributed by atoms with Gasteiger partial charge in [-0.1, -0.05) is 52.9 Å². The Morgan fingerprint density at radius 3 is 2.29 bits per heavy atom. The highest BCUT2D eigenvalue weighted by atomic mass is 16.5. The van der Waals surface area contributed by atoms with Gasteiger partial charge in [0.2, 0.25) is 11.8 Å². The van der Waals surface area contributed by atoms with Crippen molar-refractivity contribution in [2.45, 2.75) is 91.6 Å². The van der Waals surface area contributed by atoms with E-state index in [1.54, 1.807) is 36.1 Å². The highest BCUT2D eigenvalue weighted by Gasteiger charge is 2.35. The SMILES string of the molecule is CCCCCCCC(=O)N1CCN(C(=O)C(NC(=O)Nc2ccc(C(=O)OCC)cc2)C(C)CC)CC1C. The highest BCUT2D eigenvalue weighted by molar-refractivity contribution is 5.95. The molecule has 38 heavy (non-hydrogen) atoms. The summed E-state index contributed by atoms with van der Waals surface area (Å²) in [6.07, 6.45) is 6.81. The molecular weight excluding hydrogens is 484 g/mol. The number of amides is 4. The minimum Gasteiger partial charge on any atom is -0.462 e. The molecule has 0 radical (unpaired) electrons. The van der Waals surface area contributed by atoms with Gasteiger partial charge in [0.25, 0.3) is 0 Å². The van der Waals surface area contributed by atoms with Crippen molar-refractivity contribution in [2.24, 2.45) is 5.92 Å². The van der Waals surface area contributed by atoms with Gasteiger partial charge in [-0.05, 0) is 50.5 Å². The normalized spacial score (nSPS) is 16.9. The Bertz CT molecular complexity index is 920. The van der Waals surface area contributed by atoms with Crippen molar-refractivity contribution in [3.05, 3.63) is 29.8 Å². The van der Waals surface area contributed by atoms with Crippen LogP contribution in [0.3, 0.4) is 0 Å². The maximum absolute atomic E-state index is 13.5.